The molecule has 0 bridgehead atoms. The number of hydrogen-bond acceptors (Lipinski definition) is 5. The summed E-state index contributed by atoms with van der Waals surface area (Å²) in [6.07, 6.45) is 0. The summed E-state index contributed by atoms with van der Waals surface area (Å²) in [7, 11) is 0. The maximum Gasteiger partial charge on any atom is 0.337 e. The number of nitriles is 3. The van der Waals surface area contributed by atoms with Gasteiger partial charge in [0.05, 0.1) is 11.3 Å². The smallest absolute Gasteiger partial charge is 0.337 e. The molecule has 0 saturated heterocycles. The van der Waals surface area contributed by atoms with Crippen molar-refractivity contribution < 1.29 is 9.90 Å². The van der Waals surface area contributed by atoms with Crippen LogP contribution in [-0.2, 0) is 0 Å². The molecule has 0 atom stereocenters. The zero-order valence-electron chi connectivity index (χ0n) is 9.31. The summed E-state index contributed by atoms with van der Waals surface area (Å²) in [6.45, 7) is 0. The van der Waals surface area contributed by atoms with Crippen molar-refractivity contribution in [3.05, 3.63) is 39.5 Å². The largest absolute Gasteiger partial charge is 0.478 e. The van der Waals surface area contributed by atoms with Crippen molar-refractivity contribution in [3.8, 4) is 18.2 Å². The minimum absolute atomic E-state index is 0.0858. The Morgan fingerprint density at radius 2 is 1.84 bits per heavy atom. The van der Waals surface area contributed by atoms with Crippen molar-refractivity contribution in [2.75, 3.05) is 5.32 Å². The van der Waals surface area contributed by atoms with Gasteiger partial charge in [0.2, 0.25) is 0 Å². The standard InChI is InChI=1S/C12H5BrN4O2/c13-9-3-1-2-8(12(18)19)11(9)17-10(6-16)7(4-14)5-15/h1-3,17H,(H,18,19). The van der Waals surface area contributed by atoms with Gasteiger partial charge in [0.15, 0.2) is 5.57 Å². The van der Waals surface area contributed by atoms with Gasteiger partial charge in [-0.15, -0.1) is 0 Å². The number of hydrogen-bond donors (Lipinski definition) is 2. The Balaban J connectivity index is 3.40. The number of anilines is 1. The van der Waals surface area contributed by atoms with Crippen molar-refractivity contribution in [2.24, 2.45) is 0 Å². The number of aromatic carboxylic acids is 1. The van der Waals surface area contributed by atoms with E-state index in [9.17, 15) is 4.79 Å². The zero-order valence-corrected chi connectivity index (χ0v) is 10.9. The van der Waals surface area contributed by atoms with Crippen LogP contribution in [0.1, 0.15) is 10.4 Å². The van der Waals surface area contributed by atoms with Gasteiger partial charge >= 0.3 is 5.97 Å². The average molecular weight is 317 g/mol. The molecule has 0 fully saturated rings. The normalized spacial score (nSPS) is 8.53. The first-order chi connectivity index (χ1) is 9.04. The first kappa shape index (κ1) is 14.2. The number of carbonyl (C=O) groups is 1. The van der Waals surface area contributed by atoms with E-state index >= 15 is 0 Å². The van der Waals surface area contributed by atoms with Crippen LogP contribution in [0.5, 0.6) is 0 Å². The average Bonchev–Trinajstić information content (AvgIpc) is 2.40. The molecule has 0 spiro atoms. The predicted octanol–water partition coefficient (Wildman–Crippen LogP) is 2.38. The van der Waals surface area contributed by atoms with E-state index in [1.807, 2.05) is 0 Å². The molecule has 92 valence electrons. The van der Waals surface area contributed by atoms with Crippen LogP contribution in [0.15, 0.2) is 33.9 Å². The van der Waals surface area contributed by atoms with Crippen molar-refractivity contribution in [2.45, 2.75) is 0 Å². The molecule has 0 aromatic heterocycles. The maximum absolute atomic E-state index is 11.1. The van der Waals surface area contributed by atoms with Gasteiger partial charge in [0.25, 0.3) is 0 Å². The number of nitrogens with one attached hydrogen (secondary N) is 1. The Morgan fingerprint density at radius 3 is 2.32 bits per heavy atom. The molecule has 0 aliphatic carbocycles. The Bertz CT molecular complexity index is 673. The summed E-state index contributed by atoms with van der Waals surface area (Å²) >= 11 is 3.14. The zero-order chi connectivity index (χ0) is 14.4. The summed E-state index contributed by atoms with van der Waals surface area (Å²) < 4.78 is 0.398. The summed E-state index contributed by atoms with van der Waals surface area (Å²) in [5, 5.41) is 37.8. The summed E-state index contributed by atoms with van der Waals surface area (Å²) in [4.78, 5) is 11.1. The van der Waals surface area contributed by atoms with E-state index in [0.29, 0.717) is 4.47 Å². The maximum atomic E-state index is 11.1. The number of carboxylic acids is 1. The number of allylic oxidation sites excluding steroid dienone is 2. The highest BCUT2D eigenvalue weighted by Gasteiger charge is 2.15. The van der Waals surface area contributed by atoms with E-state index in [1.165, 1.54) is 12.1 Å². The van der Waals surface area contributed by atoms with Crippen molar-refractivity contribution >= 4 is 27.6 Å². The highest BCUT2D eigenvalue weighted by Crippen LogP contribution is 2.28. The van der Waals surface area contributed by atoms with Gasteiger partial charge < -0.3 is 10.4 Å². The van der Waals surface area contributed by atoms with Crippen LogP contribution in [-0.4, -0.2) is 11.1 Å². The van der Waals surface area contributed by atoms with Gasteiger partial charge in [-0.05, 0) is 28.1 Å². The Hall–Kier alpha value is -2.82. The van der Waals surface area contributed by atoms with Crippen molar-refractivity contribution in [1.82, 2.24) is 0 Å². The third kappa shape index (κ3) is 3.10. The first-order valence-electron chi connectivity index (χ1n) is 4.78. The second-order valence-electron chi connectivity index (χ2n) is 3.18. The van der Waals surface area contributed by atoms with Crippen LogP contribution in [0.2, 0.25) is 0 Å². The Morgan fingerprint density at radius 1 is 1.21 bits per heavy atom. The van der Waals surface area contributed by atoms with Crippen LogP contribution in [0, 0.1) is 34.0 Å². The first-order valence-corrected chi connectivity index (χ1v) is 5.57. The molecule has 1 rings (SSSR count). The molecule has 0 aliphatic rings. The van der Waals surface area contributed by atoms with Crippen LogP contribution in [0.3, 0.4) is 0 Å². The Labute approximate surface area is 116 Å². The topological polar surface area (TPSA) is 121 Å². The van der Waals surface area contributed by atoms with Crippen molar-refractivity contribution in [1.29, 1.82) is 15.8 Å². The van der Waals surface area contributed by atoms with Gasteiger partial charge in [-0.25, -0.2) is 4.79 Å². The molecule has 0 radical (unpaired) electrons. The number of benzene rings is 1. The van der Waals surface area contributed by atoms with Gasteiger partial charge in [0.1, 0.15) is 23.9 Å². The molecule has 7 heteroatoms. The monoisotopic (exact) mass is 316 g/mol. The number of para-hydroxylation sites is 1. The molecule has 0 unspecified atom stereocenters. The number of rotatable bonds is 3. The summed E-state index contributed by atoms with van der Waals surface area (Å²) in [6, 6.07) is 9.21. The lowest BCUT2D eigenvalue weighted by molar-refractivity contribution is 0.0698. The minimum atomic E-state index is -1.20. The fourth-order valence-corrected chi connectivity index (χ4v) is 1.70. The van der Waals surface area contributed by atoms with E-state index in [0.717, 1.165) is 0 Å². The lowest BCUT2D eigenvalue weighted by Crippen LogP contribution is -2.07. The second-order valence-corrected chi connectivity index (χ2v) is 4.03. The molecular formula is C12H5BrN4O2. The van der Waals surface area contributed by atoms with E-state index in [1.54, 1.807) is 24.3 Å². The molecule has 0 amide bonds. The number of carboxylic acid groups (broad SMARTS) is 1. The molecule has 1 aromatic carbocycles. The highest BCUT2D eigenvalue weighted by atomic mass is 79.9. The fourth-order valence-electron chi connectivity index (χ4n) is 1.24. The number of nitrogens with zero attached hydrogens (tertiary/aromatic N) is 3. The molecule has 0 aliphatic heterocycles. The minimum Gasteiger partial charge on any atom is -0.478 e. The predicted molar refractivity (Wildman–Crippen MR) is 68.6 cm³/mol. The van der Waals surface area contributed by atoms with E-state index in [2.05, 4.69) is 21.2 Å². The van der Waals surface area contributed by atoms with E-state index < -0.39 is 11.5 Å². The highest BCUT2D eigenvalue weighted by molar-refractivity contribution is 9.10. The molecule has 1 aromatic rings. The third-order valence-electron chi connectivity index (χ3n) is 2.08. The molecule has 0 saturated carbocycles. The second kappa shape index (κ2) is 6.20. The van der Waals surface area contributed by atoms with Gasteiger partial charge in [0, 0.05) is 4.47 Å². The Kier molecular flexibility index (Phi) is 4.65. The molecule has 0 heterocycles. The molecule has 6 nitrogen and oxygen atoms in total. The lowest BCUT2D eigenvalue weighted by Gasteiger charge is -2.10. The quantitative estimate of drug-likeness (QED) is 0.826. The molecule has 2 N–H and O–H groups in total. The summed E-state index contributed by atoms with van der Waals surface area (Å²) in [5.74, 6) is -1.20. The third-order valence-corrected chi connectivity index (χ3v) is 2.74. The number of halogens is 1. The van der Waals surface area contributed by atoms with E-state index in [-0.39, 0.29) is 16.9 Å². The van der Waals surface area contributed by atoms with Gasteiger partial charge in [-0.1, -0.05) is 6.07 Å². The molecule has 19 heavy (non-hydrogen) atoms. The fraction of sp³-hybridized carbons (Fsp3) is 0. The SMILES string of the molecule is N#CC(C#N)=C(C#N)Nc1c(Br)cccc1C(=O)O. The van der Waals surface area contributed by atoms with Crippen LogP contribution in [0.4, 0.5) is 5.69 Å². The van der Waals surface area contributed by atoms with E-state index in [4.69, 9.17) is 20.9 Å². The van der Waals surface area contributed by atoms with Crippen LogP contribution >= 0.6 is 15.9 Å². The lowest BCUT2D eigenvalue weighted by atomic mass is 10.1. The summed E-state index contributed by atoms with van der Waals surface area (Å²) in [5.41, 5.74) is -0.708. The molecular weight excluding hydrogens is 312 g/mol. The van der Waals surface area contributed by atoms with Crippen molar-refractivity contribution in [3.63, 3.8) is 0 Å². The van der Waals surface area contributed by atoms with Crippen LogP contribution in [0.25, 0.3) is 0 Å². The van der Waals surface area contributed by atoms with Gasteiger partial charge in [-0.3, -0.25) is 0 Å². The van der Waals surface area contributed by atoms with Gasteiger partial charge in [-0.2, -0.15) is 15.8 Å². The van der Waals surface area contributed by atoms with Crippen LogP contribution < -0.4 is 5.32 Å².